The molecule has 154 valence electrons. The van der Waals surface area contributed by atoms with Gasteiger partial charge in [0.15, 0.2) is 0 Å². The Morgan fingerprint density at radius 3 is 2.13 bits per heavy atom. The Morgan fingerprint density at radius 1 is 0.806 bits per heavy atom. The van der Waals surface area contributed by atoms with E-state index in [9.17, 15) is 4.79 Å². The maximum Gasteiger partial charge on any atom is 0.250 e. The van der Waals surface area contributed by atoms with Crippen molar-refractivity contribution in [3.05, 3.63) is 107 Å². The molecule has 4 aromatic rings. The molecule has 2 heterocycles. The SMILES string of the molecule is CC1=C(C)C(c2c(-c3ccccc3)n(C)c3ccccc23)N(Cc2ccccc2)C1=O. The first-order chi connectivity index (χ1) is 15.1. The van der Waals surface area contributed by atoms with E-state index in [1.54, 1.807) is 0 Å². The largest absolute Gasteiger partial charge is 0.343 e. The summed E-state index contributed by atoms with van der Waals surface area (Å²) in [6.45, 7) is 4.67. The molecule has 3 nitrogen and oxygen atoms in total. The van der Waals surface area contributed by atoms with Crippen molar-refractivity contribution in [3.63, 3.8) is 0 Å². The summed E-state index contributed by atoms with van der Waals surface area (Å²) in [5.74, 6) is 0.123. The first kappa shape index (κ1) is 19.4. The minimum atomic E-state index is -0.0889. The molecule has 0 saturated heterocycles. The van der Waals surface area contributed by atoms with Crippen molar-refractivity contribution < 1.29 is 4.79 Å². The topological polar surface area (TPSA) is 25.2 Å². The van der Waals surface area contributed by atoms with E-state index >= 15 is 0 Å². The molecule has 1 aliphatic rings. The Labute approximate surface area is 183 Å². The summed E-state index contributed by atoms with van der Waals surface area (Å²) in [6, 6.07) is 29.2. The van der Waals surface area contributed by atoms with Crippen LogP contribution in [0.25, 0.3) is 22.2 Å². The second-order valence-electron chi connectivity index (χ2n) is 8.33. The van der Waals surface area contributed by atoms with E-state index in [0.717, 1.165) is 16.7 Å². The molecule has 0 fully saturated rings. The molecule has 3 heteroatoms. The number of benzene rings is 3. The van der Waals surface area contributed by atoms with Crippen LogP contribution in [0.15, 0.2) is 96.1 Å². The fraction of sp³-hybridized carbons (Fsp3) is 0.179. The molecule has 1 aromatic heterocycles. The Balaban J connectivity index is 1.76. The highest BCUT2D eigenvalue weighted by atomic mass is 16.2. The van der Waals surface area contributed by atoms with Crippen molar-refractivity contribution in [2.45, 2.75) is 26.4 Å². The molecule has 3 aromatic carbocycles. The third-order valence-electron chi connectivity index (χ3n) is 6.56. The molecule has 0 bridgehead atoms. The van der Waals surface area contributed by atoms with Crippen LogP contribution in [-0.4, -0.2) is 15.4 Å². The van der Waals surface area contributed by atoms with Gasteiger partial charge in [-0.1, -0.05) is 78.9 Å². The van der Waals surface area contributed by atoms with Gasteiger partial charge in [-0.15, -0.1) is 0 Å². The standard InChI is InChI=1S/C28H26N2O/c1-19-20(2)28(31)30(18-21-12-6-4-7-13-21)26(19)25-23-16-10-11-17-24(23)29(3)27(25)22-14-8-5-9-15-22/h4-17,26H,18H2,1-3H3. The number of fused-ring (bicyclic) bond motifs is 1. The number of rotatable bonds is 4. The zero-order valence-corrected chi connectivity index (χ0v) is 18.2. The third-order valence-corrected chi connectivity index (χ3v) is 6.56. The van der Waals surface area contributed by atoms with Crippen LogP contribution >= 0.6 is 0 Å². The second kappa shape index (κ2) is 7.59. The third kappa shape index (κ3) is 3.09. The van der Waals surface area contributed by atoms with Crippen LogP contribution in [0.2, 0.25) is 0 Å². The second-order valence-corrected chi connectivity index (χ2v) is 8.33. The number of hydrogen-bond donors (Lipinski definition) is 0. The van der Waals surface area contributed by atoms with Gasteiger partial charge in [0.1, 0.15) is 0 Å². The highest BCUT2D eigenvalue weighted by Crippen LogP contribution is 2.46. The number of aromatic nitrogens is 1. The quantitative estimate of drug-likeness (QED) is 0.392. The smallest absolute Gasteiger partial charge is 0.250 e. The molecule has 0 aliphatic carbocycles. The summed E-state index contributed by atoms with van der Waals surface area (Å²) in [4.78, 5) is 15.4. The predicted octanol–water partition coefficient (Wildman–Crippen LogP) is 6.27. The summed E-state index contributed by atoms with van der Waals surface area (Å²) in [6.07, 6.45) is 0. The molecule has 1 amide bonds. The van der Waals surface area contributed by atoms with E-state index in [1.165, 1.54) is 27.7 Å². The van der Waals surface area contributed by atoms with Crippen LogP contribution in [0.4, 0.5) is 0 Å². The monoisotopic (exact) mass is 406 g/mol. The van der Waals surface area contributed by atoms with Crippen molar-refractivity contribution in [3.8, 4) is 11.3 Å². The Kier molecular flexibility index (Phi) is 4.74. The van der Waals surface area contributed by atoms with E-state index in [0.29, 0.717) is 6.54 Å². The van der Waals surface area contributed by atoms with Gasteiger partial charge >= 0.3 is 0 Å². The lowest BCUT2D eigenvalue weighted by atomic mass is 9.93. The van der Waals surface area contributed by atoms with Crippen molar-refractivity contribution in [2.75, 3.05) is 0 Å². The van der Waals surface area contributed by atoms with Crippen LogP contribution in [0, 0.1) is 0 Å². The normalized spacial score (nSPS) is 16.5. The summed E-state index contributed by atoms with van der Waals surface area (Å²) in [5.41, 5.74) is 7.86. The van der Waals surface area contributed by atoms with E-state index in [-0.39, 0.29) is 11.9 Å². The molecule has 1 atom stereocenters. The number of hydrogen-bond acceptors (Lipinski definition) is 1. The number of carbonyl (C=O) groups is 1. The number of carbonyl (C=O) groups excluding carboxylic acids is 1. The van der Waals surface area contributed by atoms with Gasteiger partial charge in [0, 0.05) is 35.6 Å². The summed E-state index contributed by atoms with van der Waals surface area (Å²) in [5, 5.41) is 1.20. The van der Waals surface area contributed by atoms with Crippen molar-refractivity contribution in [1.82, 2.24) is 9.47 Å². The molecule has 31 heavy (non-hydrogen) atoms. The number of amides is 1. The first-order valence-corrected chi connectivity index (χ1v) is 10.7. The highest BCUT2D eigenvalue weighted by Gasteiger charge is 2.39. The summed E-state index contributed by atoms with van der Waals surface area (Å²) >= 11 is 0. The van der Waals surface area contributed by atoms with E-state index in [4.69, 9.17) is 0 Å². The lowest BCUT2D eigenvalue weighted by molar-refractivity contribution is -0.127. The minimum absolute atomic E-state index is 0.0889. The molecular weight excluding hydrogens is 380 g/mol. The Hall–Kier alpha value is -3.59. The fourth-order valence-electron chi connectivity index (χ4n) is 4.90. The van der Waals surface area contributed by atoms with E-state index in [2.05, 4.69) is 79.2 Å². The molecule has 0 N–H and O–H groups in total. The van der Waals surface area contributed by atoms with Crippen LogP contribution < -0.4 is 0 Å². The average molecular weight is 407 g/mol. The first-order valence-electron chi connectivity index (χ1n) is 10.7. The Morgan fingerprint density at radius 2 is 1.42 bits per heavy atom. The molecule has 0 saturated carbocycles. The summed E-state index contributed by atoms with van der Waals surface area (Å²) < 4.78 is 2.27. The van der Waals surface area contributed by atoms with Gasteiger partial charge < -0.3 is 9.47 Å². The molecular formula is C28H26N2O. The van der Waals surface area contributed by atoms with Crippen molar-refractivity contribution >= 4 is 16.8 Å². The lowest BCUT2D eigenvalue weighted by Gasteiger charge is -2.28. The van der Waals surface area contributed by atoms with Crippen molar-refractivity contribution in [1.29, 1.82) is 0 Å². The number of para-hydroxylation sites is 1. The molecule has 1 unspecified atom stereocenters. The number of nitrogens with zero attached hydrogens (tertiary/aromatic N) is 2. The van der Waals surface area contributed by atoms with Gasteiger partial charge in [-0.2, -0.15) is 0 Å². The average Bonchev–Trinajstić information content (AvgIpc) is 3.21. The Bertz CT molecular complexity index is 1300. The van der Waals surface area contributed by atoms with E-state index < -0.39 is 0 Å². The lowest BCUT2D eigenvalue weighted by Crippen LogP contribution is -2.29. The molecule has 0 radical (unpaired) electrons. The van der Waals surface area contributed by atoms with Crippen LogP contribution in [0.5, 0.6) is 0 Å². The molecule has 0 spiro atoms. The van der Waals surface area contributed by atoms with Gasteiger partial charge in [0.25, 0.3) is 5.91 Å². The van der Waals surface area contributed by atoms with Gasteiger partial charge in [-0.25, -0.2) is 0 Å². The van der Waals surface area contributed by atoms with Crippen LogP contribution in [0.3, 0.4) is 0 Å². The zero-order chi connectivity index (χ0) is 21.5. The maximum atomic E-state index is 13.4. The van der Waals surface area contributed by atoms with Gasteiger partial charge in [-0.05, 0) is 36.6 Å². The van der Waals surface area contributed by atoms with E-state index in [1.807, 2.05) is 36.1 Å². The number of aryl methyl sites for hydroxylation is 1. The zero-order valence-electron chi connectivity index (χ0n) is 18.2. The van der Waals surface area contributed by atoms with Crippen LogP contribution in [0.1, 0.15) is 31.0 Å². The van der Waals surface area contributed by atoms with Gasteiger partial charge in [0.2, 0.25) is 0 Å². The van der Waals surface area contributed by atoms with Crippen molar-refractivity contribution in [2.24, 2.45) is 7.05 Å². The minimum Gasteiger partial charge on any atom is -0.343 e. The maximum absolute atomic E-state index is 13.4. The predicted molar refractivity (Wildman–Crippen MR) is 126 cm³/mol. The molecule has 1 aliphatic heterocycles. The summed E-state index contributed by atoms with van der Waals surface area (Å²) in [7, 11) is 2.12. The fourth-order valence-corrected chi connectivity index (χ4v) is 4.90. The van der Waals surface area contributed by atoms with Crippen LogP contribution in [-0.2, 0) is 18.4 Å². The van der Waals surface area contributed by atoms with Gasteiger partial charge in [0.05, 0.1) is 11.7 Å². The molecule has 5 rings (SSSR count). The van der Waals surface area contributed by atoms with Gasteiger partial charge in [-0.3, -0.25) is 4.79 Å². The highest BCUT2D eigenvalue weighted by molar-refractivity contribution is 6.00.